The largest absolute Gasteiger partial charge is 0.365 e. The molecule has 310 valence electrons. The molecule has 63 heavy (non-hydrogen) atoms. The molecule has 0 amide bonds. The third-order valence-electron chi connectivity index (χ3n) is 15.4. The maximum absolute atomic E-state index is 7.26. The van der Waals surface area contributed by atoms with E-state index in [1.165, 1.54) is 82.8 Å². The van der Waals surface area contributed by atoms with Crippen LogP contribution in [0, 0.1) is 23.7 Å². The molecule has 1 nitrogen and oxygen atoms in total. The van der Waals surface area contributed by atoms with Gasteiger partial charge in [0.25, 0.3) is 0 Å². The topological polar surface area (TPSA) is 9.23 Å². The Morgan fingerprint density at radius 2 is 1.30 bits per heavy atom. The van der Waals surface area contributed by atoms with E-state index in [2.05, 4.69) is 188 Å². The summed E-state index contributed by atoms with van der Waals surface area (Å²) in [7, 11) is 0. The minimum absolute atomic E-state index is 0.0703. The molecule has 3 aromatic rings. The Morgan fingerprint density at radius 1 is 0.556 bits per heavy atom. The van der Waals surface area contributed by atoms with Gasteiger partial charge in [0.2, 0.25) is 0 Å². The minimum atomic E-state index is 0.0703. The third kappa shape index (κ3) is 7.35. The van der Waals surface area contributed by atoms with Crippen molar-refractivity contribution in [1.82, 2.24) is 0 Å². The fourth-order valence-corrected chi connectivity index (χ4v) is 12.2. The lowest BCUT2D eigenvalue weighted by atomic mass is 9.62. The van der Waals surface area contributed by atoms with Crippen LogP contribution >= 0.6 is 0 Å². The number of fused-ring (bicyclic) bond motifs is 3. The lowest BCUT2D eigenvalue weighted by Gasteiger charge is -2.50. The Bertz CT molecular complexity index is 2930. The highest BCUT2D eigenvalue weighted by Gasteiger charge is 2.48. The van der Waals surface area contributed by atoms with Gasteiger partial charge in [-0.05, 0) is 165 Å². The second kappa shape index (κ2) is 16.6. The van der Waals surface area contributed by atoms with Crippen molar-refractivity contribution in [3.8, 4) is 11.1 Å². The predicted octanol–water partition coefficient (Wildman–Crippen LogP) is 13.7. The number of benzene rings is 3. The van der Waals surface area contributed by atoms with Crippen molar-refractivity contribution < 1.29 is 4.74 Å². The molecule has 1 heterocycles. The van der Waals surface area contributed by atoms with Crippen LogP contribution < -0.4 is 10.4 Å². The monoisotopic (exact) mass is 816 g/mol. The zero-order valence-corrected chi connectivity index (χ0v) is 36.2. The molecule has 0 N–H and O–H groups in total. The number of ether oxygens (including phenoxy) is 1. The van der Waals surface area contributed by atoms with Crippen molar-refractivity contribution in [1.29, 1.82) is 0 Å². The van der Waals surface area contributed by atoms with Crippen LogP contribution in [-0.4, -0.2) is 12.2 Å². The van der Waals surface area contributed by atoms with E-state index in [1.807, 2.05) is 0 Å². The van der Waals surface area contributed by atoms with Gasteiger partial charge in [0.15, 0.2) is 0 Å². The number of hydrogen-bond acceptors (Lipinski definition) is 1. The molecule has 7 unspecified atom stereocenters. The standard InChI is InChI=1S/C62H56O/c1-3-15-41(16-4-1)43-20-9-24-47(33-43)52-37-53(48-25-10-21-44(34-48)42-17-5-2-6-18-42)39-54(38-52)49-26-11-22-45(35-49)46-23-12-27-50(36-46)56-29-13-32-59-58-31-14-30-57-55-28-8-7-19-51(55)40-60(61(57)58)63-62(56)59/h1-3,5,7-10,12-15,17,19-25,27-30,32-33,35,37-40,46,48,58-62H,4,6,11,16,18,26,31,34,36H2. The van der Waals surface area contributed by atoms with Crippen molar-refractivity contribution in [2.75, 3.05) is 0 Å². The first-order valence-corrected chi connectivity index (χ1v) is 23.9. The number of allylic oxidation sites excluding steroid dienone is 23. The Morgan fingerprint density at radius 3 is 2.19 bits per heavy atom. The second-order valence-corrected chi connectivity index (χ2v) is 19.1. The highest BCUT2D eigenvalue weighted by atomic mass is 16.5. The SMILES string of the molecule is C1=CCCC(C2=CC=CC(c3cc(C4=CC(C5C=CC=C(C6=CC=CC7C6OC6C=c8ccccc8=C8C=CCC7C86)C5)=CCC4)cc(-c4cccc(C5=CC=CCC5)c4)c3)C2)=C1. The van der Waals surface area contributed by atoms with E-state index in [0.29, 0.717) is 29.6 Å². The summed E-state index contributed by atoms with van der Waals surface area (Å²) < 4.78 is 7.26. The van der Waals surface area contributed by atoms with Gasteiger partial charge in [0.1, 0.15) is 0 Å². The van der Waals surface area contributed by atoms with Gasteiger partial charge >= 0.3 is 0 Å². The van der Waals surface area contributed by atoms with Gasteiger partial charge in [-0.1, -0.05) is 170 Å². The molecule has 0 radical (unpaired) electrons. The molecule has 7 atom stereocenters. The van der Waals surface area contributed by atoms with Gasteiger partial charge in [0, 0.05) is 23.7 Å². The molecular formula is C62H56O. The van der Waals surface area contributed by atoms with Crippen LogP contribution in [0.25, 0.3) is 33.9 Å². The maximum atomic E-state index is 7.26. The highest BCUT2D eigenvalue weighted by molar-refractivity contribution is 5.79. The van der Waals surface area contributed by atoms with Crippen molar-refractivity contribution >= 4 is 22.8 Å². The van der Waals surface area contributed by atoms with Crippen LogP contribution in [0.1, 0.15) is 80.4 Å². The second-order valence-electron chi connectivity index (χ2n) is 19.1. The molecule has 0 saturated carbocycles. The van der Waals surface area contributed by atoms with Crippen molar-refractivity contribution in [3.05, 3.63) is 237 Å². The molecule has 0 aromatic heterocycles. The lowest BCUT2D eigenvalue weighted by Crippen LogP contribution is -2.53. The van der Waals surface area contributed by atoms with E-state index in [9.17, 15) is 0 Å². The molecule has 1 saturated heterocycles. The van der Waals surface area contributed by atoms with E-state index in [1.54, 1.807) is 0 Å². The van der Waals surface area contributed by atoms with E-state index < -0.39 is 0 Å². The average molecular weight is 817 g/mol. The first-order valence-electron chi connectivity index (χ1n) is 23.9. The van der Waals surface area contributed by atoms with Crippen LogP contribution in [0.4, 0.5) is 0 Å². The number of rotatable bonds is 7. The van der Waals surface area contributed by atoms with Gasteiger partial charge < -0.3 is 4.74 Å². The van der Waals surface area contributed by atoms with Gasteiger partial charge in [-0.25, -0.2) is 0 Å². The van der Waals surface area contributed by atoms with E-state index in [4.69, 9.17) is 4.74 Å². The van der Waals surface area contributed by atoms with Crippen LogP contribution in [-0.2, 0) is 4.74 Å². The van der Waals surface area contributed by atoms with Crippen LogP contribution in [0.5, 0.6) is 0 Å². The summed E-state index contributed by atoms with van der Waals surface area (Å²) >= 11 is 0. The minimum Gasteiger partial charge on any atom is -0.365 e. The summed E-state index contributed by atoms with van der Waals surface area (Å²) in [5.41, 5.74) is 18.4. The summed E-state index contributed by atoms with van der Waals surface area (Å²) in [6.07, 6.45) is 57.3. The van der Waals surface area contributed by atoms with Gasteiger partial charge in [0.05, 0.1) is 12.2 Å². The molecule has 1 aliphatic heterocycles. The smallest absolute Gasteiger partial charge is 0.0901 e. The summed E-state index contributed by atoms with van der Waals surface area (Å²) in [6, 6.07) is 25.7. The first kappa shape index (κ1) is 38.6. The van der Waals surface area contributed by atoms with Gasteiger partial charge in [-0.2, -0.15) is 0 Å². The zero-order chi connectivity index (χ0) is 41.7. The maximum Gasteiger partial charge on any atom is 0.0901 e. The third-order valence-corrected chi connectivity index (χ3v) is 15.4. The summed E-state index contributed by atoms with van der Waals surface area (Å²) in [4.78, 5) is 0. The molecule has 8 aliphatic carbocycles. The molecule has 0 bridgehead atoms. The summed E-state index contributed by atoms with van der Waals surface area (Å²) in [6.45, 7) is 0. The van der Waals surface area contributed by atoms with Crippen molar-refractivity contribution in [2.24, 2.45) is 23.7 Å². The molecule has 3 aromatic carbocycles. The molecule has 12 rings (SSSR count). The van der Waals surface area contributed by atoms with Crippen LogP contribution in [0.15, 0.2) is 210 Å². The quantitative estimate of drug-likeness (QED) is 0.231. The summed E-state index contributed by atoms with van der Waals surface area (Å²) in [5.74, 6) is 1.99. The van der Waals surface area contributed by atoms with Gasteiger partial charge in [-0.3, -0.25) is 0 Å². The molecule has 1 fully saturated rings. The van der Waals surface area contributed by atoms with Crippen LogP contribution in [0.2, 0.25) is 0 Å². The number of hydrogen-bond donors (Lipinski definition) is 0. The molecule has 1 heteroatoms. The van der Waals surface area contributed by atoms with Gasteiger partial charge in [-0.15, -0.1) is 0 Å². The predicted molar refractivity (Wildman–Crippen MR) is 264 cm³/mol. The molecular weight excluding hydrogens is 761 g/mol. The van der Waals surface area contributed by atoms with Crippen molar-refractivity contribution in [2.45, 2.75) is 75.9 Å². The Kier molecular flexibility index (Phi) is 10.2. The fraction of sp³-hybridized carbons (Fsp3) is 0.258. The highest BCUT2D eigenvalue weighted by Crippen LogP contribution is 2.51. The lowest BCUT2D eigenvalue weighted by molar-refractivity contribution is -0.0731. The Balaban J connectivity index is 0.843. The average Bonchev–Trinajstić information content (AvgIpc) is 3.37. The normalized spacial score (nSPS) is 28.9. The van der Waals surface area contributed by atoms with Crippen molar-refractivity contribution in [3.63, 3.8) is 0 Å². The van der Waals surface area contributed by atoms with E-state index in [0.717, 1.165) is 57.8 Å². The Hall–Kier alpha value is -6.02. The first-order chi connectivity index (χ1) is 31.2. The fourth-order valence-electron chi connectivity index (χ4n) is 12.2. The Labute approximate surface area is 373 Å². The molecule has 0 spiro atoms. The van der Waals surface area contributed by atoms with E-state index in [-0.39, 0.29) is 12.2 Å². The zero-order valence-electron chi connectivity index (χ0n) is 36.2. The van der Waals surface area contributed by atoms with E-state index >= 15 is 0 Å². The summed E-state index contributed by atoms with van der Waals surface area (Å²) in [5, 5.41) is 2.70. The van der Waals surface area contributed by atoms with Crippen LogP contribution in [0.3, 0.4) is 0 Å². The molecule has 9 aliphatic rings.